The van der Waals surface area contributed by atoms with Crippen LogP contribution in [0.15, 0.2) is 46.4 Å². The van der Waals surface area contributed by atoms with Crippen molar-refractivity contribution in [1.29, 1.82) is 0 Å². The van der Waals surface area contributed by atoms with Gasteiger partial charge in [0.05, 0.1) is 5.70 Å². The molecule has 0 radical (unpaired) electrons. The average molecular weight is 459 g/mol. The van der Waals surface area contributed by atoms with Crippen molar-refractivity contribution in [2.45, 2.75) is 49.9 Å². The van der Waals surface area contributed by atoms with Gasteiger partial charge in [-0.1, -0.05) is 30.3 Å². The van der Waals surface area contributed by atoms with Crippen molar-refractivity contribution in [1.82, 2.24) is 10.2 Å². The standard InChI is InChI=1S/C21H21N3O7S/c1-21(2,3)31-20(29)15-13(22-10-25)9-32-19-14(18(28)24(15)19)23-17(27)16(30-11-26)12-7-5-4-6-8-12/h4-9,11,14-16,19H,1-3H3,(H,23,27)/t14?,15?,16?,19-/m1/s1. The quantitative estimate of drug-likeness (QED) is 0.211. The van der Waals surface area contributed by atoms with Gasteiger partial charge in [0, 0.05) is 5.56 Å². The minimum atomic E-state index is -1.24. The topological polar surface area (TPSA) is 131 Å². The monoisotopic (exact) mass is 459 g/mol. The van der Waals surface area contributed by atoms with Gasteiger partial charge in [0.2, 0.25) is 18.1 Å². The number of esters is 1. The Hall–Kier alpha value is -3.43. The molecule has 1 aromatic carbocycles. The van der Waals surface area contributed by atoms with Crippen LogP contribution in [0.2, 0.25) is 0 Å². The summed E-state index contributed by atoms with van der Waals surface area (Å²) in [6.45, 7) is 5.17. The number of β-lactam (4-membered cyclic amide) rings is 1. The lowest BCUT2D eigenvalue weighted by atomic mass is 10.00. The summed E-state index contributed by atoms with van der Waals surface area (Å²) >= 11 is 1.11. The van der Waals surface area contributed by atoms with E-state index in [1.807, 2.05) is 0 Å². The molecule has 1 saturated heterocycles. The lowest BCUT2D eigenvalue weighted by molar-refractivity contribution is -0.170. The zero-order valence-electron chi connectivity index (χ0n) is 17.5. The molecule has 0 aliphatic carbocycles. The van der Waals surface area contributed by atoms with Crippen molar-refractivity contribution in [3.8, 4) is 0 Å². The highest BCUT2D eigenvalue weighted by molar-refractivity contribution is 8.02. The number of hydrogen-bond donors (Lipinski definition) is 1. The maximum Gasteiger partial charge on any atom is 0.335 e. The van der Waals surface area contributed by atoms with E-state index >= 15 is 0 Å². The summed E-state index contributed by atoms with van der Waals surface area (Å²) in [5.41, 5.74) is -0.365. The van der Waals surface area contributed by atoms with Gasteiger partial charge in [-0.2, -0.15) is 4.99 Å². The van der Waals surface area contributed by atoms with Gasteiger partial charge in [0.1, 0.15) is 17.0 Å². The number of fused-ring (bicyclic) bond motifs is 1. The highest BCUT2D eigenvalue weighted by Gasteiger charge is 2.57. The Bertz CT molecular complexity index is 998. The van der Waals surface area contributed by atoms with E-state index in [1.54, 1.807) is 51.1 Å². The fourth-order valence-corrected chi connectivity index (χ4v) is 4.48. The van der Waals surface area contributed by atoms with E-state index in [-0.39, 0.29) is 12.2 Å². The number of hydrogen-bond acceptors (Lipinski definition) is 9. The number of nitrogens with zero attached hydrogens (tertiary/aromatic N) is 2. The number of thioether (sulfide) groups is 1. The van der Waals surface area contributed by atoms with E-state index in [2.05, 4.69) is 10.3 Å². The highest BCUT2D eigenvalue weighted by atomic mass is 32.2. The Morgan fingerprint density at radius 2 is 1.97 bits per heavy atom. The summed E-state index contributed by atoms with van der Waals surface area (Å²) in [6, 6.07) is 6.13. The van der Waals surface area contributed by atoms with Gasteiger partial charge < -0.3 is 19.7 Å². The SMILES string of the molecule is CC(C)(C)OC(=O)C1C(N=C=O)=CS[C@@H]2C(NC(=O)C(OC=O)c3ccccc3)C(=O)N12. The zero-order valence-corrected chi connectivity index (χ0v) is 18.3. The first-order valence-electron chi connectivity index (χ1n) is 9.61. The number of rotatable bonds is 7. The van der Waals surface area contributed by atoms with E-state index in [0.717, 1.165) is 11.8 Å². The molecule has 1 fully saturated rings. The maximum atomic E-state index is 12.9. The predicted molar refractivity (Wildman–Crippen MR) is 112 cm³/mol. The van der Waals surface area contributed by atoms with Crippen LogP contribution in [0, 0.1) is 0 Å². The van der Waals surface area contributed by atoms with Crippen LogP contribution in [0.25, 0.3) is 0 Å². The fourth-order valence-electron chi connectivity index (χ4n) is 3.32. The summed E-state index contributed by atoms with van der Waals surface area (Å²) in [4.78, 5) is 64.9. The third kappa shape index (κ3) is 4.74. The first kappa shape index (κ1) is 23.2. The Balaban J connectivity index is 1.80. The molecule has 3 rings (SSSR count). The summed E-state index contributed by atoms with van der Waals surface area (Å²) in [5.74, 6) is -2.00. The van der Waals surface area contributed by atoms with E-state index < -0.39 is 46.9 Å². The van der Waals surface area contributed by atoms with Gasteiger partial charge in [0.15, 0.2) is 6.04 Å². The Morgan fingerprint density at radius 3 is 2.56 bits per heavy atom. The highest BCUT2D eigenvalue weighted by Crippen LogP contribution is 2.41. The van der Waals surface area contributed by atoms with E-state index in [9.17, 15) is 24.0 Å². The molecule has 10 nitrogen and oxygen atoms in total. The molecule has 2 amide bonds. The van der Waals surface area contributed by atoms with Crippen molar-refractivity contribution >= 4 is 42.1 Å². The van der Waals surface area contributed by atoms with Crippen LogP contribution in [-0.2, 0) is 33.4 Å². The first-order valence-corrected chi connectivity index (χ1v) is 10.5. The predicted octanol–water partition coefficient (Wildman–Crippen LogP) is 1.19. The molecule has 2 aliphatic rings. The van der Waals surface area contributed by atoms with Gasteiger partial charge in [-0.05, 0) is 26.2 Å². The molecule has 168 valence electrons. The van der Waals surface area contributed by atoms with Crippen LogP contribution in [0.3, 0.4) is 0 Å². The summed E-state index contributed by atoms with van der Waals surface area (Å²) in [5, 5.41) is 3.40. The second kappa shape index (κ2) is 9.37. The third-order valence-electron chi connectivity index (χ3n) is 4.60. The Labute approximate surface area is 188 Å². The number of amides is 2. The Morgan fingerprint density at radius 1 is 1.28 bits per heavy atom. The molecule has 32 heavy (non-hydrogen) atoms. The molecule has 1 N–H and O–H groups in total. The molecule has 0 bridgehead atoms. The van der Waals surface area contributed by atoms with Gasteiger partial charge >= 0.3 is 5.97 Å². The van der Waals surface area contributed by atoms with Crippen LogP contribution in [0.5, 0.6) is 0 Å². The van der Waals surface area contributed by atoms with Crippen LogP contribution < -0.4 is 5.32 Å². The molecular formula is C21H21N3O7S. The molecule has 11 heteroatoms. The van der Waals surface area contributed by atoms with E-state index in [1.165, 1.54) is 16.4 Å². The molecule has 4 atom stereocenters. The van der Waals surface area contributed by atoms with Crippen molar-refractivity contribution in [2.75, 3.05) is 0 Å². The van der Waals surface area contributed by atoms with Gasteiger partial charge in [-0.15, -0.1) is 11.8 Å². The minimum absolute atomic E-state index is 0.0278. The third-order valence-corrected chi connectivity index (χ3v) is 5.76. The normalized spacial score (nSPS) is 22.8. The molecule has 1 aromatic rings. The van der Waals surface area contributed by atoms with Gasteiger partial charge in [-0.25, -0.2) is 9.59 Å². The second-order valence-electron chi connectivity index (χ2n) is 7.96. The van der Waals surface area contributed by atoms with Crippen molar-refractivity contribution in [2.24, 2.45) is 4.99 Å². The average Bonchev–Trinajstić information content (AvgIpc) is 2.74. The summed E-state index contributed by atoms with van der Waals surface area (Å²) < 4.78 is 10.3. The van der Waals surface area contributed by atoms with Crippen molar-refractivity contribution in [3.63, 3.8) is 0 Å². The molecule has 2 aliphatic heterocycles. The first-order chi connectivity index (χ1) is 15.2. The number of carbonyl (C=O) groups is 4. The summed E-state index contributed by atoms with van der Waals surface area (Å²) in [6.07, 6.45) is 0.139. The Kier molecular flexibility index (Phi) is 6.81. The number of nitrogens with one attached hydrogen (secondary N) is 1. The lowest BCUT2D eigenvalue weighted by Gasteiger charge is -2.51. The molecule has 0 spiro atoms. The maximum absolute atomic E-state index is 12.9. The number of carbonyl (C=O) groups excluding carboxylic acids is 5. The van der Waals surface area contributed by atoms with E-state index in [0.29, 0.717) is 5.56 Å². The molecule has 0 aromatic heterocycles. The minimum Gasteiger partial charge on any atom is -0.458 e. The molecular weight excluding hydrogens is 438 g/mol. The second-order valence-corrected chi connectivity index (χ2v) is 8.95. The smallest absolute Gasteiger partial charge is 0.335 e. The number of ether oxygens (including phenoxy) is 2. The van der Waals surface area contributed by atoms with Crippen molar-refractivity contribution in [3.05, 3.63) is 47.0 Å². The lowest BCUT2D eigenvalue weighted by Crippen LogP contribution is -2.74. The van der Waals surface area contributed by atoms with Gasteiger partial charge in [-0.3, -0.25) is 14.4 Å². The summed E-state index contributed by atoms with van der Waals surface area (Å²) in [7, 11) is 0. The molecule has 2 heterocycles. The van der Waals surface area contributed by atoms with Crippen LogP contribution in [0.1, 0.15) is 32.4 Å². The largest absolute Gasteiger partial charge is 0.458 e. The van der Waals surface area contributed by atoms with Crippen molar-refractivity contribution < 1.29 is 33.4 Å². The molecule has 0 saturated carbocycles. The van der Waals surface area contributed by atoms with Crippen LogP contribution in [-0.4, -0.2) is 58.3 Å². The van der Waals surface area contributed by atoms with Gasteiger partial charge in [0.25, 0.3) is 12.4 Å². The number of benzene rings is 1. The van der Waals surface area contributed by atoms with E-state index in [4.69, 9.17) is 9.47 Å². The number of isocyanates is 1. The van der Waals surface area contributed by atoms with Crippen LogP contribution in [0.4, 0.5) is 0 Å². The van der Waals surface area contributed by atoms with Crippen LogP contribution >= 0.6 is 11.8 Å². The molecule has 3 unspecified atom stereocenters. The fraction of sp³-hybridized carbons (Fsp3) is 0.381. The number of aliphatic imine (C=N–C) groups is 1. The zero-order chi connectivity index (χ0) is 23.5.